The third-order valence-corrected chi connectivity index (χ3v) is 33.8. The van der Waals surface area contributed by atoms with E-state index in [-0.39, 0.29) is 16.2 Å². The summed E-state index contributed by atoms with van der Waals surface area (Å²) >= 11 is 0. The van der Waals surface area contributed by atoms with Crippen molar-refractivity contribution in [3.05, 3.63) is 469 Å². The summed E-state index contributed by atoms with van der Waals surface area (Å²) in [5.41, 5.74) is 46.5. The van der Waals surface area contributed by atoms with Crippen LogP contribution in [-0.2, 0) is 21.7 Å². The predicted octanol–water partition coefficient (Wildman–Crippen LogP) is 35.0. The average molecular weight is 1840 g/mol. The van der Waals surface area contributed by atoms with Crippen LogP contribution in [0.4, 0.5) is 0 Å². The van der Waals surface area contributed by atoms with E-state index < -0.39 is 5.41 Å². The first-order valence-electron chi connectivity index (χ1n) is 50.6. The molecule has 0 radical (unpaired) electrons. The number of nitrogens with zero attached hydrogens (tertiary/aromatic N) is 8. The Kier molecular flexibility index (Phi) is 16.3. The summed E-state index contributed by atoms with van der Waals surface area (Å²) < 4.78 is 14.7. The van der Waals surface area contributed by atoms with Crippen molar-refractivity contribution >= 4 is 131 Å². The topological polar surface area (TPSA) is 55.4 Å². The molecule has 0 bridgehead atoms. The molecule has 0 saturated carbocycles. The third kappa shape index (κ3) is 11.1. The van der Waals surface area contributed by atoms with Gasteiger partial charge in [0.1, 0.15) is 11.6 Å². The summed E-state index contributed by atoms with van der Waals surface area (Å²) in [6.45, 7) is 19.0. The zero-order valence-electron chi connectivity index (χ0n) is 81.0. The smallest absolute Gasteiger partial charge is 0.163 e. The van der Waals surface area contributed by atoms with Gasteiger partial charge in [0.15, 0.2) is 5.82 Å². The molecule has 0 saturated heterocycles. The highest BCUT2D eigenvalue weighted by molar-refractivity contribution is 6.18. The van der Waals surface area contributed by atoms with Gasteiger partial charge in [-0.05, 0) is 286 Å². The first-order valence-corrected chi connectivity index (χ1v) is 50.6. The summed E-state index contributed by atoms with van der Waals surface area (Å²) in [4.78, 5) is 11.8. The van der Waals surface area contributed by atoms with Gasteiger partial charge in [0, 0.05) is 121 Å². The third-order valence-electron chi connectivity index (χ3n) is 33.8. The normalized spacial score (nSPS) is 14.3. The molecular weight excluding hydrogens is 1750 g/mol. The van der Waals surface area contributed by atoms with E-state index in [4.69, 9.17) is 9.97 Å². The minimum absolute atomic E-state index is 0.115. The summed E-state index contributed by atoms with van der Waals surface area (Å²) in [5.74, 6) is 2.17. The van der Waals surface area contributed by atoms with Crippen LogP contribution in [0.3, 0.4) is 0 Å². The summed E-state index contributed by atoms with van der Waals surface area (Å²) in [5, 5.41) is 14.3. The highest BCUT2D eigenvalue weighted by Gasteiger charge is 2.41. The molecule has 8 nitrogen and oxygen atoms in total. The monoisotopic (exact) mass is 1840 g/mol. The Morgan fingerprint density at radius 3 is 0.611 bits per heavy atom. The lowest BCUT2D eigenvalue weighted by molar-refractivity contribution is 0.660. The quantitative estimate of drug-likeness (QED) is 0.137. The molecule has 4 aliphatic carbocycles. The fourth-order valence-electron chi connectivity index (χ4n) is 26.8. The van der Waals surface area contributed by atoms with E-state index in [1.807, 2.05) is 0 Å². The van der Waals surface area contributed by atoms with Gasteiger partial charge in [-0.15, -0.1) is 0 Å². The van der Waals surface area contributed by atoms with Crippen molar-refractivity contribution in [1.82, 2.24) is 37.4 Å². The van der Waals surface area contributed by atoms with Crippen molar-refractivity contribution in [3.63, 3.8) is 0 Å². The standard InChI is InChI=1S/C136H94N8/c1-133(2)110-36-18-9-27-90(110)94-57-52-86(74-114(94)133)139-118-39-21-12-30-98(118)104-67-79(46-61-124(104)139)80-47-62-127-105(68-80)101-33-15-24-42-121(101)142(127)89-55-60-97-93-56-45-85(73-113(93)136(7,8)117(97)77-89)132-137-130(143-122-43-25-16-34-102(122)108-71-83(50-65-128(108)143)81-48-63-125-106(69-81)99-31-13-22-40-119(99)140(125)87-53-58-95-91-28-10-19-37-111(91)134(3,4)115(95)75-87)78-131(138-132)144-123-44-26-17-35-103(123)109-72-84(51-66-129(109)144)82-49-64-126-107(70-82)100-32-14-23-41-120(100)141(126)88-54-59-96-92-29-11-20-38-112(92)135(5,6)116(96)76-88/h9-78H,1-8H3. The molecule has 4 aliphatic rings. The van der Waals surface area contributed by atoms with Crippen LogP contribution in [0.15, 0.2) is 425 Å². The van der Waals surface area contributed by atoms with Crippen LogP contribution >= 0.6 is 0 Å². The lowest BCUT2D eigenvalue weighted by Crippen LogP contribution is -2.15. The summed E-state index contributed by atoms with van der Waals surface area (Å²) in [6.07, 6.45) is 0. The highest BCUT2D eigenvalue weighted by Crippen LogP contribution is 2.57. The molecule has 7 heterocycles. The molecule has 0 unspecified atom stereocenters. The van der Waals surface area contributed by atoms with Crippen molar-refractivity contribution < 1.29 is 0 Å². The maximum atomic E-state index is 5.92. The molecule has 8 heteroatoms. The minimum atomic E-state index is -0.438. The SMILES string of the molecule is CC1(C)c2ccccc2-c2ccc(-n3c4ccccc4c4cc(-c5ccc6c(c5)c5ccccc5n6-c5ccc6c(c5)C(C)(C)c5cc(-c7nc(-n8c9ccccc9c9cc(-c%10ccc%11c(c%10)c%10ccccc%10n%11-c%10ccc%11c(c%10)C(C)(C)c%10ccccc%10-%11)ccc98)cc(-n8c9ccccc9c9cc(-c%10ccc%11c(c%10)c%10ccccc%10n%11-c%10ccc%11c(c%10)C(C)(C)c%10ccccc%10-%11)ccc98)n7)ccc5-6)ccc43)cc21. The van der Waals surface area contributed by atoms with Gasteiger partial charge < -0.3 is 18.3 Å². The number of hydrogen-bond donors (Lipinski definition) is 0. The second kappa shape index (κ2) is 29.0. The molecule has 31 rings (SSSR count). The summed E-state index contributed by atoms with van der Waals surface area (Å²) in [7, 11) is 0. The van der Waals surface area contributed by atoms with Crippen LogP contribution in [0.1, 0.15) is 99.9 Å². The van der Waals surface area contributed by atoms with Crippen molar-refractivity contribution in [2.45, 2.75) is 77.0 Å². The second-order valence-electron chi connectivity index (χ2n) is 42.7. The van der Waals surface area contributed by atoms with Gasteiger partial charge in [0.05, 0.1) is 66.2 Å². The van der Waals surface area contributed by atoms with Gasteiger partial charge >= 0.3 is 0 Å². The maximum absolute atomic E-state index is 5.92. The van der Waals surface area contributed by atoms with E-state index >= 15 is 0 Å². The number of benzene rings is 20. The molecule has 7 aromatic heterocycles. The van der Waals surface area contributed by atoms with E-state index in [1.54, 1.807) is 0 Å². The van der Waals surface area contributed by atoms with Crippen molar-refractivity contribution in [3.8, 4) is 124 Å². The molecule has 20 aromatic carbocycles. The number of hydrogen-bond acceptors (Lipinski definition) is 2. The van der Waals surface area contributed by atoms with Crippen LogP contribution in [0, 0.1) is 0 Å². The number of rotatable bonds is 10. The Morgan fingerprint density at radius 2 is 0.340 bits per heavy atom. The molecule has 0 atom stereocenters. The number of para-hydroxylation sites is 6. The zero-order chi connectivity index (χ0) is 95.6. The summed E-state index contributed by atoms with van der Waals surface area (Å²) in [6, 6.07) is 160. The zero-order valence-corrected chi connectivity index (χ0v) is 81.0. The predicted molar refractivity (Wildman–Crippen MR) is 600 cm³/mol. The molecule has 27 aromatic rings. The Bertz CT molecular complexity index is 10100. The Balaban J connectivity index is 0.531. The van der Waals surface area contributed by atoms with E-state index in [2.05, 4.69) is 507 Å². The van der Waals surface area contributed by atoms with Crippen molar-refractivity contribution in [1.29, 1.82) is 0 Å². The van der Waals surface area contributed by atoms with E-state index in [0.29, 0.717) is 5.82 Å². The molecule has 0 N–H and O–H groups in total. The molecular formula is C136H94N8. The van der Waals surface area contributed by atoms with Crippen molar-refractivity contribution in [2.24, 2.45) is 0 Å². The highest BCUT2D eigenvalue weighted by atomic mass is 15.1. The van der Waals surface area contributed by atoms with Crippen LogP contribution in [0.25, 0.3) is 254 Å². The molecule has 0 amide bonds. The molecule has 0 aliphatic heterocycles. The van der Waals surface area contributed by atoms with Gasteiger partial charge in [-0.1, -0.05) is 310 Å². The maximum Gasteiger partial charge on any atom is 0.163 e. The molecule has 144 heavy (non-hydrogen) atoms. The van der Waals surface area contributed by atoms with E-state index in [9.17, 15) is 0 Å². The number of aromatic nitrogens is 8. The molecule has 0 spiro atoms. The lowest BCUT2D eigenvalue weighted by atomic mass is 9.82. The first kappa shape index (κ1) is 81.2. The van der Waals surface area contributed by atoms with Gasteiger partial charge in [-0.25, -0.2) is 9.97 Å². The fraction of sp³-hybridized carbons (Fsp3) is 0.0882. The van der Waals surface area contributed by atoms with Gasteiger partial charge in [0.25, 0.3) is 0 Å². The Hall–Kier alpha value is -17.7. The molecule has 0 fully saturated rings. The van der Waals surface area contributed by atoms with Crippen LogP contribution in [0.2, 0.25) is 0 Å². The Morgan fingerprint density at radius 1 is 0.146 bits per heavy atom. The fourth-order valence-corrected chi connectivity index (χ4v) is 26.8. The van der Waals surface area contributed by atoms with E-state index in [1.165, 1.54) is 199 Å². The van der Waals surface area contributed by atoms with Crippen LogP contribution < -0.4 is 0 Å². The largest absolute Gasteiger partial charge is 0.309 e. The van der Waals surface area contributed by atoms with Gasteiger partial charge in [-0.3, -0.25) is 9.13 Å². The molecule has 678 valence electrons. The van der Waals surface area contributed by atoms with Crippen LogP contribution in [0.5, 0.6) is 0 Å². The first-order chi connectivity index (χ1) is 70.4. The van der Waals surface area contributed by atoms with Gasteiger partial charge in [0.2, 0.25) is 0 Å². The number of fused-ring (bicyclic) bond motifs is 30. The minimum Gasteiger partial charge on any atom is -0.309 e. The van der Waals surface area contributed by atoms with Crippen molar-refractivity contribution in [2.75, 3.05) is 0 Å². The average Bonchev–Trinajstić information content (AvgIpc) is 1.56. The van der Waals surface area contributed by atoms with Crippen LogP contribution in [-0.4, -0.2) is 37.4 Å². The lowest BCUT2D eigenvalue weighted by Gasteiger charge is -2.23. The second-order valence-corrected chi connectivity index (χ2v) is 42.7. The van der Waals surface area contributed by atoms with E-state index in [0.717, 1.165) is 94.3 Å². The Labute approximate surface area is 832 Å². The van der Waals surface area contributed by atoms with Gasteiger partial charge in [-0.2, -0.15) is 0 Å².